The summed E-state index contributed by atoms with van der Waals surface area (Å²) in [7, 11) is 0. The van der Waals surface area contributed by atoms with Crippen molar-refractivity contribution in [3.8, 4) is 0 Å². The van der Waals surface area contributed by atoms with E-state index >= 15 is 0 Å². The molecule has 2 amide bonds. The summed E-state index contributed by atoms with van der Waals surface area (Å²) in [6.07, 6.45) is 1.66. The van der Waals surface area contributed by atoms with Crippen LogP contribution in [-0.2, 0) is 14.4 Å². The van der Waals surface area contributed by atoms with E-state index in [1.54, 1.807) is 38.9 Å². The van der Waals surface area contributed by atoms with E-state index in [0.29, 0.717) is 5.56 Å². The Hall–Kier alpha value is -3.88. The van der Waals surface area contributed by atoms with Gasteiger partial charge >= 0.3 is 0 Å². The minimum Gasteiger partial charge on any atom is -0.297 e. The Morgan fingerprint density at radius 2 is 1.74 bits per heavy atom. The van der Waals surface area contributed by atoms with Gasteiger partial charge in [0.15, 0.2) is 5.78 Å². The number of carbonyl (C=O) groups is 3. The Labute approximate surface area is 196 Å². The average Bonchev–Trinajstić information content (AvgIpc) is 3.25. The Balaban J connectivity index is 1.68. The number of benzene rings is 2. The largest absolute Gasteiger partial charge is 0.297 e. The molecule has 4 atom stereocenters. The Bertz CT molecular complexity index is 1290. The number of nitro groups is 1. The maximum atomic E-state index is 13.9. The second kappa shape index (κ2) is 7.31. The van der Waals surface area contributed by atoms with Crippen LogP contribution in [-0.4, -0.2) is 39.8 Å². The van der Waals surface area contributed by atoms with Crippen molar-refractivity contribution < 1.29 is 19.3 Å². The summed E-state index contributed by atoms with van der Waals surface area (Å²) in [6, 6.07) is 10.1. The zero-order valence-electron chi connectivity index (χ0n) is 19.3. The quantitative estimate of drug-likeness (QED) is 0.394. The zero-order valence-corrected chi connectivity index (χ0v) is 19.3. The number of hydrazone groups is 1. The van der Waals surface area contributed by atoms with Crippen LogP contribution in [0.1, 0.15) is 43.5 Å². The highest BCUT2D eigenvalue weighted by molar-refractivity contribution is 6.24. The summed E-state index contributed by atoms with van der Waals surface area (Å²) < 4.78 is 0. The fourth-order valence-electron chi connectivity index (χ4n) is 5.30. The van der Waals surface area contributed by atoms with Gasteiger partial charge in [-0.1, -0.05) is 51.1 Å². The number of aryl methyl sites for hydroxylation is 1. The number of nitrogens with zero attached hydrogens (tertiary/aromatic N) is 4. The number of non-ortho nitro benzene ring substituents is 1. The van der Waals surface area contributed by atoms with Crippen LogP contribution in [0.2, 0.25) is 0 Å². The molecule has 0 N–H and O–H groups in total. The fourth-order valence-corrected chi connectivity index (χ4v) is 5.30. The monoisotopic (exact) mass is 460 g/mol. The van der Waals surface area contributed by atoms with Crippen LogP contribution in [0.4, 0.5) is 11.4 Å². The van der Waals surface area contributed by atoms with Crippen molar-refractivity contribution in [2.24, 2.45) is 22.4 Å². The second-order valence-electron chi connectivity index (χ2n) is 10.0. The van der Waals surface area contributed by atoms with Gasteiger partial charge < -0.3 is 0 Å². The number of fused-ring (bicyclic) bond motifs is 5. The minimum atomic E-state index is -0.939. The van der Waals surface area contributed by atoms with Gasteiger partial charge in [0.05, 0.1) is 34.7 Å². The molecule has 0 unspecified atom stereocenters. The zero-order chi connectivity index (χ0) is 24.5. The fraction of sp³-hybridized carbons (Fsp3) is 0.360. The van der Waals surface area contributed by atoms with E-state index in [0.717, 1.165) is 16.0 Å². The molecular weight excluding hydrogens is 436 g/mol. The molecule has 34 heavy (non-hydrogen) atoms. The molecule has 0 aliphatic carbocycles. The first-order chi connectivity index (χ1) is 16.0. The van der Waals surface area contributed by atoms with Gasteiger partial charge in [-0.05, 0) is 23.6 Å². The molecule has 0 aromatic heterocycles. The molecule has 3 aliphatic rings. The van der Waals surface area contributed by atoms with Gasteiger partial charge in [0.1, 0.15) is 6.04 Å². The van der Waals surface area contributed by atoms with Crippen LogP contribution in [0.5, 0.6) is 0 Å². The summed E-state index contributed by atoms with van der Waals surface area (Å²) in [4.78, 5) is 53.1. The van der Waals surface area contributed by atoms with Crippen molar-refractivity contribution in [1.82, 2.24) is 5.01 Å². The normalized spacial score (nSPS) is 25.3. The molecule has 2 aromatic carbocycles. The molecule has 3 heterocycles. The van der Waals surface area contributed by atoms with Gasteiger partial charge in [0.2, 0.25) is 11.8 Å². The first kappa shape index (κ1) is 21.9. The third kappa shape index (κ3) is 2.99. The van der Waals surface area contributed by atoms with Crippen LogP contribution in [0.15, 0.2) is 47.6 Å². The van der Waals surface area contributed by atoms with Crippen molar-refractivity contribution in [2.45, 2.75) is 39.8 Å². The number of hydrogen-bond donors (Lipinski definition) is 0. The molecule has 2 aromatic rings. The van der Waals surface area contributed by atoms with E-state index in [1.165, 1.54) is 18.2 Å². The lowest BCUT2D eigenvalue weighted by molar-refractivity contribution is -0.384. The Morgan fingerprint density at radius 3 is 2.41 bits per heavy atom. The third-order valence-electron chi connectivity index (χ3n) is 6.95. The summed E-state index contributed by atoms with van der Waals surface area (Å²) >= 11 is 0. The molecule has 0 spiro atoms. The molecule has 9 nitrogen and oxygen atoms in total. The SMILES string of the molecule is Cc1ccc([N+](=O)[O-])cc1N1C(=O)[C@@H]2[C@@H](C1=O)[C@@H]1c3ccccc3C=NN1[C@@H]2C(=O)C(C)(C)C. The topological polar surface area (TPSA) is 113 Å². The van der Waals surface area contributed by atoms with Gasteiger partial charge in [-0.25, -0.2) is 4.90 Å². The number of anilines is 1. The van der Waals surface area contributed by atoms with Crippen molar-refractivity contribution in [1.29, 1.82) is 0 Å². The molecular formula is C25H24N4O5. The lowest BCUT2D eigenvalue weighted by Crippen LogP contribution is -2.48. The van der Waals surface area contributed by atoms with Gasteiger partial charge in [-0.15, -0.1) is 0 Å². The van der Waals surface area contributed by atoms with E-state index in [2.05, 4.69) is 5.10 Å². The highest BCUT2D eigenvalue weighted by Crippen LogP contribution is 2.54. The predicted octanol–water partition coefficient (Wildman–Crippen LogP) is 3.40. The van der Waals surface area contributed by atoms with E-state index in [4.69, 9.17) is 0 Å². The predicted molar refractivity (Wildman–Crippen MR) is 124 cm³/mol. The minimum absolute atomic E-state index is 0.180. The van der Waals surface area contributed by atoms with Crippen molar-refractivity contribution in [3.63, 3.8) is 0 Å². The maximum Gasteiger partial charge on any atom is 0.271 e. The van der Waals surface area contributed by atoms with Gasteiger partial charge in [0.25, 0.3) is 5.69 Å². The number of hydrogen-bond acceptors (Lipinski definition) is 7. The first-order valence-corrected chi connectivity index (χ1v) is 11.1. The Kier molecular flexibility index (Phi) is 4.72. The molecule has 2 fully saturated rings. The highest BCUT2D eigenvalue weighted by Gasteiger charge is 2.66. The number of imide groups is 1. The van der Waals surface area contributed by atoms with E-state index in [9.17, 15) is 24.5 Å². The van der Waals surface area contributed by atoms with Crippen LogP contribution in [0.25, 0.3) is 0 Å². The van der Waals surface area contributed by atoms with Crippen molar-refractivity contribution in [2.75, 3.05) is 4.90 Å². The standard InChI is InChI=1S/C25H24N4O5/c1-13-9-10-15(29(33)34)11-17(13)27-23(31)18-19(24(27)32)21(22(30)25(2,3)4)28-20(18)16-8-6-5-7-14(16)12-26-28/h5-12,18-21H,1-4H3/t18-,19-,20+,21+/m1/s1. The number of rotatable bonds is 3. The van der Waals surface area contributed by atoms with Crippen molar-refractivity contribution >= 4 is 35.2 Å². The number of nitro benzene ring substituents is 1. The molecule has 0 radical (unpaired) electrons. The molecule has 9 heteroatoms. The number of carbonyl (C=O) groups excluding carboxylic acids is 3. The third-order valence-corrected chi connectivity index (χ3v) is 6.95. The second-order valence-corrected chi connectivity index (χ2v) is 10.0. The van der Waals surface area contributed by atoms with Crippen LogP contribution >= 0.6 is 0 Å². The average molecular weight is 460 g/mol. The molecule has 5 rings (SSSR count). The maximum absolute atomic E-state index is 13.9. The summed E-state index contributed by atoms with van der Waals surface area (Å²) in [5.74, 6) is -2.94. The molecule has 0 bridgehead atoms. The van der Waals surface area contributed by atoms with E-state index in [1.807, 2.05) is 24.3 Å². The van der Waals surface area contributed by atoms with E-state index in [-0.39, 0.29) is 17.2 Å². The van der Waals surface area contributed by atoms with Crippen LogP contribution in [0, 0.1) is 34.3 Å². The molecule has 2 saturated heterocycles. The van der Waals surface area contributed by atoms with Gasteiger partial charge in [0, 0.05) is 17.5 Å². The summed E-state index contributed by atoms with van der Waals surface area (Å²) in [5, 5.41) is 17.5. The van der Waals surface area contributed by atoms with Crippen LogP contribution < -0.4 is 4.90 Å². The first-order valence-electron chi connectivity index (χ1n) is 11.1. The molecule has 174 valence electrons. The van der Waals surface area contributed by atoms with Crippen LogP contribution in [0.3, 0.4) is 0 Å². The Morgan fingerprint density at radius 1 is 1.06 bits per heavy atom. The summed E-state index contributed by atoms with van der Waals surface area (Å²) in [5.41, 5.74) is 1.42. The van der Waals surface area contributed by atoms with Crippen molar-refractivity contribution in [3.05, 3.63) is 69.3 Å². The molecule has 3 aliphatic heterocycles. The lowest BCUT2D eigenvalue weighted by atomic mass is 9.79. The smallest absolute Gasteiger partial charge is 0.271 e. The van der Waals surface area contributed by atoms with Gasteiger partial charge in [-0.3, -0.25) is 29.5 Å². The molecule has 0 saturated carbocycles. The highest BCUT2D eigenvalue weighted by atomic mass is 16.6. The lowest BCUT2D eigenvalue weighted by Gasteiger charge is -2.35. The summed E-state index contributed by atoms with van der Waals surface area (Å²) in [6.45, 7) is 7.03. The number of amides is 2. The number of Topliss-reactive ketones (excluding diaryl/α,β-unsaturated/α-hetero) is 1. The van der Waals surface area contributed by atoms with E-state index < -0.39 is 46.1 Å². The number of ketones is 1. The van der Waals surface area contributed by atoms with Gasteiger partial charge in [-0.2, -0.15) is 5.10 Å².